The SMILES string of the molecule is CCCN(CCC)c1ccc(C)cc1Cl. The van der Waals surface area contributed by atoms with Crippen LogP contribution in [-0.4, -0.2) is 13.1 Å². The fraction of sp³-hybridized carbons (Fsp3) is 0.538. The molecule has 15 heavy (non-hydrogen) atoms. The highest BCUT2D eigenvalue weighted by molar-refractivity contribution is 6.33. The van der Waals surface area contributed by atoms with E-state index in [-0.39, 0.29) is 0 Å². The number of anilines is 1. The van der Waals surface area contributed by atoms with E-state index >= 15 is 0 Å². The van der Waals surface area contributed by atoms with Gasteiger partial charge in [-0.25, -0.2) is 0 Å². The van der Waals surface area contributed by atoms with Crippen molar-refractivity contribution in [2.75, 3.05) is 18.0 Å². The van der Waals surface area contributed by atoms with Gasteiger partial charge in [-0.05, 0) is 37.5 Å². The summed E-state index contributed by atoms with van der Waals surface area (Å²) in [4.78, 5) is 2.36. The van der Waals surface area contributed by atoms with Gasteiger partial charge in [0.15, 0.2) is 0 Å². The number of halogens is 1. The van der Waals surface area contributed by atoms with Gasteiger partial charge in [0.25, 0.3) is 0 Å². The van der Waals surface area contributed by atoms with Crippen LogP contribution in [0.25, 0.3) is 0 Å². The maximum Gasteiger partial charge on any atom is 0.0642 e. The fourth-order valence-electron chi connectivity index (χ4n) is 1.76. The monoisotopic (exact) mass is 225 g/mol. The molecule has 0 unspecified atom stereocenters. The van der Waals surface area contributed by atoms with Gasteiger partial charge in [-0.2, -0.15) is 0 Å². The van der Waals surface area contributed by atoms with Crippen LogP contribution in [0, 0.1) is 6.92 Å². The first-order valence-corrected chi connectivity index (χ1v) is 6.08. The second-order valence-corrected chi connectivity index (χ2v) is 4.35. The van der Waals surface area contributed by atoms with Crippen molar-refractivity contribution in [3.63, 3.8) is 0 Å². The van der Waals surface area contributed by atoms with E-state index in [1.807, 2.05) is 6.07 Å². The zero-order valence-electron chi connectivity index (χ0n) is 9.89. The van der Waals surface area contributed by atoms with Crippen LogP contribution in [-0.2, 0) is 0 Å². The molecule has 0 bridgehead atoms. The first kappa shape index (κ1) is 12.4. The molecule has 0 fully saturated rings. The molecule has 84 valence electrons. The van der Waals surface area contributed by atoms with E-state index in [1.165, 1.54) is 11.3 Å². The highest BCUT2D eigenvalue weighted by Gasteiger charge is 2.08. The third-order valence-electron chi connectivity index (χ3n) is 2.43. The third-order valence-corrected chi connectivity index (χ3v) is 2.73. The van der Waals surface area contributed by atoms with Crippen LogP contribution in [0.15, 0.2) is 18.2 Å². The summed E-state index contributed by atoms with van der Waals surface area (Å²) in [5.41, 5.74) is 2.39. The zero-order chi connectivity index (χ0) is 11.3. The molecule has 0 heterocycles. The molecular weight excluding hydrogens is 206 g/mol. The van der Waals surface area contributed by atoms with Crippen LogP contribution in [0.3, 0.4) is 0 Å². The van der Waals surface area contributed by atoms with E-state index in [1.54, 1.807) is 0 Å². The normalized spacial score (nSPS) is 10.4. The molecular formula is C13H20ClN. The van der Waals surface area contributed by atoms with Crippen molar-refractivity contribution in [2.45, 2.75) is 33.6 Å². The first-order chi connectivity index (χ1) is 7.19. The van der Waals surface area contributed by atoms with Gasteiger partial charge < -0.3 is 4.90 Å². The molecule has 0 atom stereocenters. The Morgan fingerprint density at radius 2 is 1.73 bits per heavy atom. The van der Waals surface area contributed by atoms with Gasteiger partial charge in [-0.15, -0.1) is 0 Å². The highest BCUT2D eigenvalue weighted by atomic mass is 35.5. The second-order valence-electron chi connectivity index (χ2n) is 3.94. The predicted octanol–water partition coefficient (Wildman–Crippen LogP) is 4.27. The molecule has 0 amide bonds. The van der Waals surface area contributed by atoms with Crippen molar-refractivity contribution in [1.82, 2.24) is 0 Å². The van der Waals surface area contributed by atoms with Gasteiger partial charge in [-0.1, -0.05) is 31.5 Å². The van der Waals surface area contributed by atoms with E-state index in [4.69, 9.17) is 11.6 Å². The zero-order valence-corrected chi connectivity index (χ0v) is 10.6. The summed E-state index contributed by atoms with van der Waals surface area (Å²) >= 11 is 6.25. The summed E-state index contributed by atoms with van der Waals surface area (Å²) in [6, 6.07) is 6.29. The summed E-state index contributed by atoms with van der Waals surface area (Å²) in [6.07, 6.45) is 2.31. The fourth-order valence-corrected chi connectivity index (χ4v) is 2.12. The van der Waals surface area contributed by atoms with E-state index in [9.17, 15) is 0 Å². The molecule has 0 saturated heterocycles. The molecule has 1 aromatic carbocycles. The molecule has 0 aliphatic heterocycles. The number of hydrogen-bond acceptors (Lipinski definition) is 1. The Kier molecular flexibility index (Phi) is 4.97. The number of rotatable bonds is 5. The van der Waals surface area contributed by atoms with Crippen molar-refractivity contribution in [2.24, 2.45) is 0 Å². The lowest BCUT2D eigenvalue weighted by molar-refractivity contribution is 0.745. The molecule has 0 radical (unpaired) electrons. The average Bonchev–Trinajstić information content (AvgIpc) is 2.17. The van der Waals surface area contributed by atoms with Crippen LogP contribution in [0.4, 0.5) is 5.69 Å². The quantitative estimate of drug-likeness (QED) is 0.723. The van der Waals surface area contributed by atoms with E-state index in [2.05, 4.69) is 37.8 Å². The van der Waals surface area contributed by atoms with Crippen LogP contribution in [0.5, 0.6) is 0 Å². The van der Waals surface area contributed by atoms with Crippen LogP contribution in [0.1, 0.15) is 32.3 Å². The summed E-state index contributed by atoms with van der Waals surface area (Å²) < 4.78 is 0. The average molecular weight is 226 g/mol. The lowest BCUT2D eigenvalue weighted by atomic mass is 10.2. The Labute approximate surface area is 98.0 Å². The Hall–Kier alpha value is -0.690. The van der Waals surface area contributed by atoms with Crippen molar-refractivity contribution in [3.05, 3.63) is 28.8 Å². The molecule has 1 aromatic rings. The molecule has 0 aromatic heterocycles. The molecule has 0 aliphatic rings. The number of hydrogen-bond donors (Lipinski definition) is 0. The highest BCUT2D eigenvalue weighted by Crippen LogP contribution is 2.27. The second kappa shape index (κ2) is 6.02. The van der Waals surface area contributed by atoms with Gasteiger partial charge in [-0.3, -0.25) is 0 Å². The van der Waals surface area contributed by atoms with Gasteiger partial charge in [0.2, 0.25) is 0 Å². The smallest absolute Gasteiger partial charge is 0.0642 e. The van der Waals surface area contributed by atoms with E-state index in [0.29, 0.717) is 0 Å². The molecule has 2 heteroatoms. The van der Waals surface area contributed by atoms with Gasteiger partial charge in [0.1, 0.15) is 0 Å². The summed E-state index contributed by atoms with van der Waals surface area (Å²) in [7, 11) is 0. The minimum atomic E-state index is 0.872. The van der Waals surface area contributed by atoms with E-state index in [0.717, 1.165) is 31.0 Å². The van der Waals surface area contributed by atoms with Crippen molar-refractivity contribution in [1.29, 1.82) is 0 Å². The van der Waals surface area contributed by atoms with Crippen LogP contribution < -0.4 is 4.90 Å². The molecule has 0 saturated carbocycles. The van der Waals surface area contributed by atoms with Gasteiger partial charge in [0, 0.05) is 13.1 Å². The Morgan fingerprint density at radius 3 is 2.20 bits per heavy atom. The van der Waals surface area contributed by atoms with Crippen molar-refractivity contribution < 1.29 is 0 Å². The van der Waals surface area contributed by atoms with Crippen molar-refractivity contribution >= 4 is 17.3 Å². The molecule has 0 aliphatic carbocycles. The largest absolute Gasteiger partial charge is 0.370 e. The first-order valence-electron chi connectivity index (χ1n) is 5.70. The number of nitrogens with zero attached hydrogens (tertiary/aromatic N) is 1. The Balaban J connectivity index is 2.89. The summed E-state index contributed by atoms with van der Waals surface area (Å²) in [5.74, 6) is 0. The number of aryl methyl sites for hydroxylation is 1. The number of benzene rings is 1. The lowest BCUT2D eigenvalue weighted by Crippen LogP contribution is -2.25. The predicted molar refractivity (Wildman–Crippen MR) is 69.0 cm³/mol. The Bertz CT molecular complexity index is 303. The van der Waals surface area contributed by atoms with E-state index < -0.39 is 0 Å². The van der Waals surface area contributed by atoms with Gasteiger partial charge in [0.05, 0.1) is 10.7 Å². The van der Waals surface area contributed by atoms with Crippen molar-refractivity contribution in [3.8, 4) is 0 Å². The minimum absolute atomic E-state index is 0.872. The molecule has 0 spiro atoms. The summed E-state index contributed by atoms with van der Waals surface area (Å²) in [6.45, 7) is 8.63. The summed E-state index contributed by atoms with van der Waals surface area (Å²) in [5, 5.41) is 0.872. The lowest BCUT2D eigenvalue weighted by Gasteiger charge is -2.25. The standard InChI is InChI=1S/C13H20ClN/c1-4-8-15(9-5-2)13-7-6-11(3)10-12(13)14/h6-7,10H,4-5,8-9H2,1-3H3. The minimum Gasteiger partial charge on any atom is -0.370 e. The molecule has 1 rings (SSSR count). The molecule has 1 nitrogen and oxygen atoms in total. The van der Waals surface area contributed by atoms with Crippen LogP contribution in [0.2, 0.25) is 5.02 Å². The molecule has 0 N–H and O–H groups in total. The third kappa shape index (κ3) is 3.42. The maximum absolute atomic E-state index is 6.25. The maximum atomic E-state index is 6.25. The topological polar surface area (TPSA) is 3.24 Å². The van der Waals surface area contributed by atoms with Gasteiger partial charge >= 0.3 is 0 Å². The Morgan fingerprint density at radius 1 is 1.13 bits per heavy atom. The van der Waals surface area contributed by atoms with Crippen LogP contribution >= 0.6 is 11.6 Å².